The Hall–Kier alpha value is -2.78. The second kappa shape index (κ2) is 10.7. The number of aromatic nitrogens is 2. The molecular formula is C25H32FN5O2S. The van der Waals surface area contributed by atoms with E-state index in [1.807, 2.05) is 31.3 Å². The van der Waals surface area contributed by atoms with Gasteiger partial charge in [-0.15, -0.1) is 0 Å². The van der Waals surface area contributed by atoms with Crippen LogP contribution >= 0.6 is 0 Å². The lowest BCUT2D eigenvalue weighted by atomic mass is 9.82. The van der Waals surface area contributed by atoms with E-state index in [2.05, 4.69) is 21.9 Å². The number of nitrogens with zero attached hydrogens (tertiary/aromatic N) is 3. The number of hydrogen-bond acceptors (Lipinski definition) is 6. The quantitative estimate of drug-likeness (QED) is 0.467. The summed E-state index contributed by atoms with van der Waals surface area (Å²) >= 11 is 0. The van der Waals surface area contributed by atoms with Gasteiger partial charge in [-0.05, 0) is 80.8 Å². The summed E-state index contributed by atoms with van der Waals surface area (Å²) < 4.78 is 40.6. The van der Waals surface area contributed by atoms with Crippen LogP contribution in [0.4, 0.5) is 16.2 Å². The van der Waals surface area contributed by atoms with Gasteiger partial charge in [-0.2, -0.15) is 4.98 Å². The summed E-state index contributed by atoms with van der Waals surface area (Å²) in [6.07, 6.45) is 3.96. The maximum Gasteiger partial charge on any atom is 0.240 e. The number of anilines is 2. The fourth-order valence-corrected chi connectivity index (χ4v) is 5.50. The number of benzene rings is 2. The standard InChI is InChI=1S/C25H32FN5O2S/c1-3-31(2)24-22-6-4-5-7-23(22)29-25(30-24)27-16-18-8-10-19(11-9-18)17-28-34(32,33)21-14-12-20(26)13-15-21/h4-7,12-15,18-19,28H,3,8-11,16-17H2,1-2H3,(H,27,29,30). The molecule has 1 saturated carbocycles. The fraction of sp³-hybridized carbons (Fsp3) is 0.440. The summed E-state index contributed by atoms with van der Waals surface area (Å²) in [6.45, 7) is 4.15. The number of halogens is 1. The molecule has 0 saturated heterocycles. The molecule has 0 aliphatic heterocycles. The van der Waals surface area contributed by atoms with Crippen LogP contribution in [0.3, 0.4) is 0 Å². The molecule has 4 rings (SSSR count). The maximum atomic E-state index is 13.1. The number of hydrogen-bond donors (Lipinski definition) is 2. The summed E-state index contributed by atoms with van der Waals surface area (Å²) in [5.41, 5.74) is 0.924. The van der Waals surface area contributed by atoms with Gasteiger partial charge >= 0.3 is 0 Å². The van der Waals surface area contributed by atoms with E-state index in [9.17, 15) is 12.8 Å². The molecule has 1 aliphatic carbocycles. The SMILES string of the molecule is CCN(C)c1nc(NCC2CCC(CNS(=O)(=O)c3ccc(F)cc3)CC2)nc2ccccc12. The summed E-state index contributed by atoms with van der Waals surface area (Å²) in [5.74, 6) is 1.91. The van der Waals surface area contributed by atoms with Crippen molar-refractivity contribution in [3.05, 3.63) is 54.3 Å². The molecule has 34 heavy (non-hydrogen) atoms. The molecule has 0 unspecified atom stereocenters. The number of nitrogens with one attached hydrogen (secondary N) is 2. The Morgan fingerprint density at radius 1 is 0.971 bits per heavy atom. The lowest BCUT2D eigenvalue weighted by Crippen LogP contribution is -2.32. The first kappa shape index (κ1) is 24.3. The molecule has 182 valence electrons. The van der Waals surface area contributed by atoms with Crippen molar-refractivity contribution in [1.82, 2.24) is 14.7 Å². The van der Waals surface area contributed by atoms with Gasteiger partial charge in [-0.3, -0.25) is 0 Å². The molecule has 3 aromatic rings. The van der Waals surface area contributed by atoms with Crippen LogP contribution in [0, 0.1) is 17.7 Å². The molecule has 0 atom stereocenters. The third kappa shape index (κ3) is 5.82. The Balaban J connectivity index is 1.29. The lowest BCUT2D eigenvalue weighted by Gasteiger charge is -2.29. The predicted octanol–water partition coefficient (Wildman–Crippen LogP) is 4.42. The Morgan fingerprint density at radius 2 is 1.62 bits per heavy atom. The average Bonchev–Trinajstić information content (AvgIpc) is 2.86. The van der Waals surface area contributed by atoms with Gasteiger partial charge in [0.05, 0.1) is 10.4 Å². The van der Waals surface area contributed by atoms with Crippen LogP contribution in [0.2, 0.25) is 0 Å². The largest absolute Gasteiger partial charge is 0.359 e. The Labute approximate surface area is 200 Å². The molecule has 7 nitrogen and oxygen atoms in total. The van der Waals surface area contributed by atoms with Crippen molar-refractivity contribution in [1.29, 1.82) is 0 Å². The highest BCUT2D eigenvalue weighted by atomic mass is 32.2. The molecule has 1 heterocycles. The van der Waals surface area contributed by atoms with Crippen LogP contribution in [0.25, 0.3) is 10.9 Å². The zero-order chi connectivity index (χ0) is 24.1. The molecule has 9 heteroatoms. The Morgan fingerprint density at radius 3 is 2.29 bits per heavy atom. The fourth-order valence-electron chi connectivity index (χ4n) is 4.38. The molecule has 1 aromatic heterocycles. The molecule has 0 spiro atoms. The summed E-state index contributed by atoms with van der Waals surface area (Å²) in [6, 6.07) is 13.0. The van der Waals surface area contributed by atoms with Gasteiger partial charge in [0.2, 0.25) is 16.0 Å². The Bertz CT molecular complexity index is 1210. The first-order chi connectivity index (χ1) is 16.4. The summed E-state index contributed by atoms with van der Waals surface area (Å²) in [7, 11) is -1.59. The average molecular weight is 486 g/mol. The molecule has 1 fully saturated rings. The highest BCUT2D eigenvalue weighted by Gasteiger charge is 2.23. The van der Waals surface area contributed by atoms with Crippen LogP contribution in [-0.4, -0.2) is 45.1 Å². The van der Waals surface area contributed by atoms with Gasteiger partial charge < -0.3 is 10.2 Å². The topological polar surface area (TPSA) is 87.2 Å². The molecule has 1 aliphatic rings. The smallest absolute Gasteiger partial charge is 0.240 e. The minimum absolute atomic E-state index is 0.0928. The van der Waals surface area contributed by atoms with Crippen molar-refractivity contribution in [2.45, 2.75) is 37.5 Å². The van der Waals surface area contributed by atoms with Gasteiger partial charge in [-0.25, -0.2) is 22.5 Å². The van der Waals surface area contributed by atoms with Crippen LogP contribution in [-0.2, 0) is 10.0 Å². The molecular weight excluding hydrogens is 453 g/mol. The van der Waals surface area contributed by atoms with E-state index >= 15 is 0 Å². The van der Waals surface area contributed by atoms with E-state index in [0.29, 0.717) is 24.3 Å². The second-order valence-corrected chi connectivity index (χ2v) is 10.7. The second-order valence-electron chi connectivity index (χ2n) is 8.98. The highest BCUT2D eigenvalue weighted by Crippen LogP contribution is 2.30. The van der Waals surface area contributed by atoms with E-state index in [1.54, 1.807) is 0 Å². The van der Waals surface area contributed by atoms with Crippen molar-refractivity contribution < 1.29 is 12.8 Å². The van der Waals surface area contributed by atoms with Crippen LogP contribution in [0.5, 0.6) is 0 Å². The number of rotatable bonds is 9. The molecule has 2 N–H and O–H groups in total. The predicted molar refractivity (Wildman–Crippen MR) is 134 cm³/mol. The van der Waals surface area contributed by atoms with E-state index in [4.69, 9.17) is 9.97 Å². The maximum absolute atomic E-state index is 13.1. The minimum Gasteiger partial charge on any atom is -0.359 e. The van der Waals surface area contributed by atoms with Crippen molar-refractivity contribution in [3.63, 3.8) is 0 Å². The third-order valence-corrected chi connectivity index (χ3v) is 8.06. The number of fused-ring (bicyclic) bond motifs is 1. The van der Waals surface area contributed by atoms with Gasteiger partial charge in [0.25, 0.3) is 0 Å². The third-order valence-electron chi connectivity index (χ3n) is 6.62. The van der Waals surface area contributed by atoms with E-state index in [1.165, 1.54) is 12.1 Å². The monoisotopic (exact) mass is 485 g/mol. The van der Waals surface area contributed by atoms with Crippen molar-refractivity contribution in [2.24, 2.45) is 11.8 Å². The van der Waals surface area contributed by atoms with Crippen LogP contribution < -0.4 is 14.9 Å². The van der Waals surface area contributed by atoms with Gasteiger partial charge in [0.1, 0.15) is 11.6 Å². The normalized spacial score (nSPS) is 18.7. The lowest BCUT2D eigenvalue weighted by molar-refractivity contribution is 0.284. The zero-order valence-corrected chi connectivity index (χ0v) is 20.5. The van der Waals surface area contributed by atoms with Gasteiger partial charge in [0.15, 0.2) is 0 Å². The number of para-hydroxylation sites is 1. The molecule has 2 aromatic carbocycles. The molecule has 0 radical (unpaired) electrons. The van der Waals surface area contributed by atoms with Crippen molar-refractivity contribution in [2.75, 3.05) is 36.9 Å². The van der Waals surface area contributed by atoms with E-state index in [-0.39, 0.29) is 4.90 Å². The van der Waals surface area contributed by atoms with Crippen LogP contribution in [0.1, 0.15) is 32.6 Å². The first-order valence-corrected chi connectivity index (χ1v) is 13.3. The van der Waals surface area contributed by atoms with E-state index in [0.717, 1.165) is 67.6 Å². The van der Waals surface area contributed by atoms with Gasteiger partial charge in [-0.1, -0.05) is 12.1 Å². The molecule has 0 bridgehead atoms. The number of sulfonamides is 1. The van der Waals surface area contributed by atoms with Gasteiger partial charge in [0, 0.05) is 32.1 Å². The zero-order valence-electron chi connectivity index (χ0n) is 19.7. The van der Waals surface area contributed by atoms with Crippen LogP contribution in [0.15, 0.2) is 53.4 Å². The first-order valence-electron chi connectivity index (χ1n) is 11.8. The molecule has 0 amide bonds. The van der Waals surface area contributed by atoms with E-state index < -0.39 is 15.8 Å². The Kier molecular flexibility index (Phi) is 7.63. The van der Waals surface area contributed by atoms with Crippen molar-refractivity contribution in [3.8, 4) is 0 Å². The summed E-state index contributed by atoms with van der Waals surface area (Å²) in [5, 5.41) is 4.47. The highest BCUT2D eigenvalue weighted by molar-refractivity contribution is 7.89. The summed E-state index contributed by atoms with van der Waals surface area (Å²) in [4.78, 5) is 11.7. The van der Waals surface area contributed by atoms with Crippen molar-refractivity contribution >= 4 is 32.7 Å². The minimum atomic E-state index is -3.62.